The quantitative estimate of drug-likeness (QED) is 0.824. The molecule has 8 heteroatoms. The number of nitrogens with two attached hydrogens (primary N) is 1. The normalized spacial score (nSPS) is 12.6. The van der Waals surface area contributed by atoms with E-state index >= 15 is 0 Å². The maximum atomic E-state index is 14.0. The molecule has 22 heavy (non-hydrogen) atoms. The Bertz CT molecular complexity index is 661. The van der Waals surface area contributed by atoms with Crippen molar-refractivity contribution >= 4 is 29.3 Å². The summed E-state index contributed by atoms with van der Waals surface area (Å²) in [5.74, 6) is -4.93. The predicted octanol–water partition coefficient (Wildman–Crippen LogP) is 2.80. The van der Waals surface area contributed by atoms with E-state index in [0.29, 0.717) is 16.7 Å². The Morgan fingerprint density at radius 2 is 2.14 bits per heavy atom. The number of hydrogen-bond donors (Lipinski definition) is 2. The van der Waals surface area contributed by atoms with Crippen LogP contribution in [0.25, 0.3) is 10.9 Å². The van der Waals surface area contributed by atoms with Crippen molar-refractivity contribution in [1.29, 1.82) is 0 Å². The van der Waals surface area contributed by atoms with Gasteiger partial charge < -0.3 is 20.2 Å². The van der Waals surface area contributed by atoms with Crippen LogP contribution in [0.5, 0.6) is 5.75 Å². The van der Waals surface area contributed by atoms with Crippen molar-refractivity contribution in [2.75, 3.05) is 13.7 Å². The van der Waals surface area contributed by atoms with Crippen molar-refractivity contribution in [2.45, 2.75) is 18.9 Å². The lowest BCUT2D eigenvalue weighted by Gasteiger charge is -2.21. The Kier molecular flexibility index (Phi) is 5.73. The van der Waals surface area contributed by atoms with E-state index in [2.05, 4.69) is 9.72 Å². The van der Waals surface area contributed by atoms with Gasteiger partial charge in [0.2, 0.25) is 0 Å². The van der Waals surface area contributed by atoms with Crippen LogP contribution >= 0.6 is 12.4 Å². The smallest absolute Gasteiger partial charge is 0.379 e. The molecular weight excluding hydrogens is 318 g/mol. The molecule has 2 aromatic rings. The fourth-order valence-corrected chi connectivity index (χ4v) is 2.06. The lowest BCUT2D eigenvalue weighted by atomic mass is 10.0. The minimum absolute atomic E-state index is 0. The summed E-state index contributed by atoms with van der Waals surface area (Å²) in [6, 6.07) is 3.16. The molecule has 0 aliphatic rings. The monoisotopic (exact) mass is 334 g/mol. The fourth-order valence-electron chi connectivity index (χ4n) is 2.06. The Hall–Kier alpha value is -1.86. The lowest BCUT2D eigenvalue weighted by molar-refractivity contribution is -0.174. The first-order chi connectivity index (χ1) is 9.91. The molecule has 0 saturated heterocycles. The molecule has 1 atom stereocenters. The number of H-pyrrole nitrogens is 1. The van der Waals surface area contributed by atoms with Crippen LogP contribution < -0.4 is 10.5 Å². The van der Waals surface area contributed by atoms with E-state index in [0.717, 1.165) is 0 Å². The molecule has 2 rings (SSSR count). The number of nitrogens with one attached hydrogen (secondary N) is 1. The van der Waals surface area contributed by atoms with Crippen LogP contribution in [-0.2, 0) is 9.53 Å². The summed E-state index contributed by atoms with van der Waals surface area (Å²) in [7, 11) is 1.47. The minimum atomic E-state index is -3.81. The molecule has 0 bridgehead atoms. The zero-order valence-corrected chi connectivity index (χ0v) is 12.9. The zero-order valence-electron chi connectivity index (χ0n) is 12.1. The Balaban J connectivity index is 0.00000242. The van der Waals surface area contributed by atoms with Crippen LogP contribution in [0.15, 0.2) is 24.4 Å². The van der Waals surface area contributed by atoms with Crippen LogP contribution in [0, 0.1) is 0 Å². The number of alkyl halides is 2. The second kappa shape index (κ2) is 6.93. The lowest BCUT2D eigenvalue weighted by Crippen LogP contribution is -2.41. The summed E-state index contributed by atoms with van der Waals surface area (Å²) >= 11 is 0. The van der Waals surface area contributed by atoms with Gasteiger partial charge in [0.05, 0.1) is 13.7 Å². The number of hydrogen-bond acceptors (Lipinski definition) is 4. The van der Waals surface area contributed by atoms with Gasteiger partial charge in [-0.2, -0.15) is 8.78 Å². The summed E-state index contributed by atoms with van der Waals surface area (Å²) in [5, 5.41) is 0.478. The molecule has 0 fully saturated rings. The summed E-state index contributed by atoms with van der Waals surface area (Å²) in [6.07, 6.45) is 1.36. The van der Waals surface area contributed by atoms with Crippen molar-refractivity contribution < 1.29 is 23.0 Å². The van der Waals surface area contributed by atoms with Crippen molar-refractivity contribution in [2.24, 2.45) is 5.73 Å². The Morgan fingerprint density at radius 3 is 2.73 bits per heavy atom. The maximum Gasteiger partial charge on any atom is 0.379 e. The number of aromatic amines is 1. The fraction of sp³-hybridized carbons (Fsp3) is 0.357. The number of aromatic nitrogens is 1. The highest BCUT2D eigenvalue weighted by Crippen LogP contribution is 2.35. The summed E-state index contributed by atoms with van der Waals surface area (Å²) < 4.78 is 37.5. The van der Waals surface area contributed by atoms with E-state index < -0.39 is 17.9 Å². The third kappa shape index (κ3) is 3.15. The van der Waals surface area contributed by atoms with Gasteiger partial charge in [-0.05, 0) is 25.1 Å². The summed E-state index contributed by atoms with van der Waals surface area (Å²) in [5.41, 5.74) is 6.35. The molecular formula is C14H17ClF2N2O3. The number of carbonyl (C=O) groups excluding carboxylic acids is 1. The van der Waals surface area contributed by atoms with Gasteiger partial charge in [0.15, 0.2) is 0 Å². The largest absolute Gasteiger partial charge is 0.497 e. The van der Waals surface area contributed by atoms with Gasteiger partial charge >= 0.3 is 11.9 Å². The molecule has 1 aromatic heterocycles. The number of fused-ring (bicyclic) bond motifs is 1. The molecule has 0 saturated carbocycles. The van der Waals surface area contributed by atoms with E-state index in [-0.39, 0.29) is 24.6 Å². The molecule has 0 aliphatic heterocycles. The van der Waals surface area contributed by atoms with Gasteiger partial charge in [-0.15, -0.1) is 12.4 Å². The molecule has 0 radical (unpaired) electrons. The molecule has 1 heterocycles. The molecule has 0 aliphatic carbocycles. The molecule has 1 aromatic carbocycles. The van der Waals surface area contributed by atoms with Crippen molar-refractivity contribution in [3.8, 4) is 5.75 Å². The number of ether oxygens (including phenoxy) is 2. The standard InChI is InChI=1S/C14H16F2N2O3.ClH/c1-3-21-13(19)14(15,16)12(17)10-7-18-11-5-4-8(20-2)6-9(10)11;/h4-7,12,18H,3,17H2,1-2H3;1H/t12-;/m1./s1. The number of esters is 1. The van der Waals surface area contributed by atoms with Gasteiger partial charge in [0, 0.05) is 22.7 Å². The maximum absolute atomic E-state index is 14.0. The van der Waals surface area contributed by atoms with Crippen LogP contribution in [0.4, 0.5) is 8.78 Å². The number of carbonyl (C=O) groups is 1. The topological polar surface area (TPSA) is 77.3 Å². The first-order valence-electron chi connectivity index (χ1n) is 6.37. The van der Waals surface area contributed by atoms with Crippen LogP contribution in [0.3, 0.4) is 0 Å². The molecule has 0 spiro atoms. The average molecular weight is 335 g/mol. The van der Waals surface area contributed by atoms with Crippen LogP contribution in [-0.4, -0.2) is 30.6 Å². The Labute approximate surface area is 132 Å². The third-order valence-electron chi connectivity index (χ3n) is 3.19. The molecule has 0 amide bonds. The van der Waals surface area contributed by atoms with E-state index in [1.165, 1.54) is 20.2 Å². The number of rotatable bonds is 5. The highest BCUT2D eigenvalue weighted by Gasteiger charge is 2.48. The van der Waals surface area contributed by atoms with Gasteiger partial charge in [-0.25, -0.2) is 4.79 Å². The molecule has 5 nitrogen and oxygen atoms in total. The van der Waals surface area contributed by atoms with Crippen molar-refractivity contribution in [3.63, 3.8) is 0 Å². The molecule has 0 unspecified atom stereocenters. The van der Waals surface area contributed by atoms with Crippen LogP contribution in [0.2, 0.25) is 0 Å². The number of methoxy groups -OCH3 is 1. The molecule has 122 valence electrons. The van der Waals surface area contributed by atoms with E-state index in [1.54, 1.807) is 18.2 Å². The van der Waals surface area contributed by atoms with Gasteiger partial charge in [0.25, 0.3) is 0 Å². The van der Waals surface area contributed by atoms with Crippen molar-refractivity contribution in [3.05, 3.63) is 30.0 Å². The van der Waals surface area contributed by atoms with Gasteiger partial charge in [-0.3, -0.25) is 0 Å². The minimum Gasteiger partial charge on any atom is -0.497 e. The number of benzene rings is 1. The third-order valence-corrected chi connectivity index (χ3v) is 3.19. The van der Waals surface area contributed by atoms with E-state index in [9.17, 15) is 13.6 Å². The van der Waals surface area contributed by atoms with Crippen LogP contribution in [0.1, 0.15) is 18.5 Å². The summed E-state index contributed by atoms with van der Waals surface area (Å²) in [4.78, 5) is 14.2. The highest BCUT2D eigenvalue weighted by atomic mass is 35.5. The van der Waals surface area contributed by atoms with Gasteiger partial charge in [0.1, 0.15) is 11.8 Å². The molecule has 3 N–H and O–H groups in total. The van der Waals surface area contributed by atoms with Gasteiger partial charge in [-0.1, -0.05) is 0 Å². The highest BCUT2D eigenvalue weighted by molar-refractivity contribution is 5.87. The second-order valence-corrected chi connectivity index (χ2v) is 4.48. The predicted molar refractivity (Wildman–Crippen MR) is 80.6 cm³/mol. The number of halogens is 3. The SMILES string of the molecule is CCOC(=O)C(F)(F)[C@H](N)c1c[nH]c2ccc(OC)cc12.Cl. The summed E-state index contributed by atoms with van der Waals surface area (Å²) in [6.45, 7) is 1.32. The van der Waals surface area contributed by atoms with E-state index in [4.69, 9.17) is 10.5 Å². The van der Waals surface area contributed by atoms with E-state index in [1.807, 2.05) is 0 Å². The van der Waals surface area contributed by atoms with Crippen molar-refractivity contribution in [1.82, 2.24) is 4.98 Å². The zero-order chi connectivity index (χ0) is 15.6. The first-order valence-corrected chi connectivity index (χ1v) is 6.37. The average Bonchev–Trinajstić information content (AvgIpc) is 2.89. The Morgan fingerprint density at radius 1 is 1.45 bits per heavy atom. The first kappa shape index (κ1) is 18.2. The second-order valence-electron chi connectivity index (χ2n) is 4.48.